The topological polar surface area (TPSA) is 0 Å². The summed E-state index contributed by atoms with van der Waals surface area (Å²) in [7, 11) is 0. The number of hydrogen-bond donors (Lipinski definition) is 0. The summed E-state index contributed by atoms with van der Waals surface area (Å²) in [6.45, 7) is 9.15. The molecule has 3 aliphatic rings. The van der Waals surface area contributed by atoms with E-state index in [1.54, 1.807) is 22.3 Å². The highest BCUT2D eigenvalue weighted by Gasteiger charge is 2.62. The minimum Gasteiger partial charge on any atom is -0.0546 e. The summed E-state index contributed by atoms with van der Waals surface area (Å²) in [5.41, 5.74) is 13.2. The number of fused-ring (bicyclic) bond motifs is 3. The normalized spacial score (nSPS) is 29.8. The molecule has 0 aliphatic heterocycles. The second-order valence-corrected chi connectivity index (χ2v) is 8.84. The van der Waals surface area contributed by atoms with Crippen molar-refractivity contribution in [2.24, 2.45) is 0 Å². The van der Waals surface area contributed by atoms with E-state index in [-0.39, 0.29) is 0 Å². The SMILES string of the molecule is Cc1cc2c(cc1C)C13CCCC1(CCC3)c1cc(C)c(C)cc1-2. The van der Waals surface area contributed by atoms with E-state index in [4.69, 9.17) is 0 Å². The third-order valence-corrected chi connectivity index (χ3v) is 7.92. The lowest BCUT2D eigenvalue weighted by Gasteiger charge is -2.48. The first-order valence-electron chi connectivity index (χ1n) is 9.72. The molecule has 0 amide bonds. The van der Waals surface area contributed by atoms with Crippen LogP contribution in [0.3, 0.4) is 0 Å². The van der Waals surface area contributed by atoms with Crippen LogP contribution in [0.15, 0.2) is 24.3 Å². The van der Waals surface area contributed by atoms with Crippen LogP contribution in [-0.2, 0) is 10.8 Å². The molecule has 0 spiro atoms. The monoisotopic (exact) mass is 316 g/mol. The van der Waals surface area contributed by atoms with Gasteiger partial charge in [-0.05, 0) is 97.9 Å². The van der Waals surface area contributed by atoms with Crippen molar-refractivity contribution in [1.29, 1.82) is 0 Å². The molecule has 3 aliphatic carbocycles. The van der Waals surface area contributed by atoms with E-state index in [0.29, 0.717) is 10.8 Å². The Morgan fingerprint density at radius 3 is 1.25 bits per heavy atom. The van der Waals surface area contributed by atoms with Crippen LogP contribution >= 0.6 is 0 Å². The molecule has 0 radical (unpaired) electrons. The maximum Gasteiger partial charge on any atom is 0.00563 e. The summed E-state index contributed by atoms with van der Waals surface area (Å²) in [5.74, 6) is 0. The van der Waals surface area contributed by atoms with Crippen LogP contribution in [-0.4, -0.2) is 0 Å². The molecule has 0 atom stereocenters. The molecule has 5 rings (SSSR count). The van der Waals surface area contributed by atoms with E-state index in [1.807, 2.05) is 0 Å². The molecular formula is C24H28. The van der Waals surface area contributed by atoms with Crippen LogP contribution < -0.4 is 0 Å². The molecule has 2 aromatic rings. The standard InChI is InChI=1S/C24H28/c1-15-11-19-20-12-16(2)18(4)14-22(20)24-9-5-7-23(24,8-6-10-24)21(19)13-17(15)3/h11-14H,5-10H2,1-4H3. The van der Waals surface area contributed by atoms with Crippen molar-refractivity contribution in [1.82, 2.24) is 0 Å². The zero-order valence-corrected chi connectivity index (χ0v) is 15.6. The van der Waals surface area contributed by atoms with Gasteiger partial charge in [0, 0.05) is 10.8 Å². The first-order valence-corrected chi connectivity index (χ1v) is 9.72. The van der Waals surface area contributed by atoms with Gasteiger partial charge in [-0.3, -0.25) is 0 Å². The molecule has 124 valence electrons. The maximum atomic E-state index is 2.56. The zero-order chi connectivity index (χ0) is 16.7. The summed E-state index contributed by atoms with van der Waals surface area (Å²) >= 11 is 0. The molecule has 2 saturated carbocycles. The summed E-state index contributed by atoms with van der Waals surface area (Å²) in [6, 6.07) is 10.1. The van der Waals surface area contributed by atoms with E-state index in [1.165, 1.54) is 60.8 Å². The lowest BCUT2D eigenvalue weighted by atomic mass is 9.55. The molecule has 2 fully saturated rings. The lowest BCUT2D eigenvalue weighted by Crippen LogP contribution is -2.43. The Morgan fingerprint density at radius 1 is 0.542 bits per heavy atom. The molecular weight excluding hydrogens is 288 g/mol. The van der Waals surface area contributed by atoms with Crippen LogP contribution in [0.1, 0.15) is 71.9 Å². The van der Waals surface area contributed by atoms with Crippen LogP contribution in [0.25, 0.3) is 11.1 Å². The van der Waals surface area contributed by atoms with Crippen molar-refractivity contribution < 1.29 is 0 Å². The molecule has 0 N–H and O–H groups in total. The predicted molar refractivity (Wildman–Crippen MR) is 102 cm³/mol. The Hall–Kier alpha value is -1.56. The fraction of sp³-hybridized carbons (Fsp3) is 0.500. The van der Waals surface area contributed by atoms with Gasteiger partial charge in [0.25, 0.3) is 0 Å². The van der Waals surface area contributed by atoms with Crippen molar-refractivity contribution in [3.63, 3.8) is 0 Å². The highest BCUT2D eigenvalue weighted by molar-refractivity contribution is 5.80. The van der Waals surface area contributed by atoms with E-state index < -0.39 is 0 Å². The first kappa shape index (κ1) is 14.8. The Morgan fingerprint density at radius 2 is 0.875 bits per heavy atom. The van der Waals surface area contributed by atoms with Crippen molar-refractivity contribution in [3.05, 3.63) is 57.6 Å². The Balaban J connectivity index is 1.94. The van der Waals surface area contributed by atoms with Crippen molar-refractivity contribution in [3.8, 4) is 11.1 Å². The number of benzene rings is 2. The minimum absolute atomic E-state index is 0.426. The van der Waals surface area contributed by atoms with Gasteiger partial charge in [0.05, 0.1) is 0 Å². The summed E-state index contributed by atoms with van der Waals surface area (Å²) < 4.78 is 0. The molecule has 0 aromatic heterocycles. The average Bonchev–Trinajstić information content (AvgIpc) is 3.08. The van der Waals surface area contributed by atoms with Gasteiger partial charge in [-0.2, -0.15) is 0 Å². The predicted octanol–water partition coefficient (Wildman–Crippen LogP) is 6.44. The number of rotatable bonds is 0. The summed E-state index contributed by atoms with van der Waals surface area (Å²) in [4.78, 5) is 0. The molecule has 0 nitrogen and oxygen atoms in total. The highest BCUT2D eigenvalue weighted by atomic mass is 14.6. The Labute approximate surface area is 146 Å². The third kappa shape index (κ3) is 1.51. The van der Waals surface area contributed by atoms with Crippen molar-refractivity contribution in [2.45, 2.75) is 77.0 Å². The smallest absolute Gasteiger partial charge is 0.00563 e. The molecule has 0 heterocycles. The molecule has 0 unspecified atom stereocenters. The lowest BCUT2D eigenvalue weighted by molar-refractivity contribution is 0.298. The van der Waals surface area contributed by atoms with Crippen LogP contribution in [0, 0.1) is 27.7 Å². The van der Waals surface area contributed by atoms with Gasteiger partial charge in [-0.15, -0.1) is 0 Å². The van der Waals surface area contributed by atoms with Gasteiger partial charge in [-0.1, -0.05) is 37.1 Å². The molecule has 0 saturated heterocycles. The van der Waals surface area contributed by atoms with Gasteiger partial charge < -0.3 is 0 Å². The maximum absolute atomic E-state index is 2.56. The van der Waals surface area contributed by atoms with E-state index >= 15 is 0 Å². The van der Waals surface area contributed by atoms with Gasteiger partial charge in [0.15, 0.2) is 0 Å². The molecule has 0 bridgehead atoms. The second kappa shape index (κ2) is 4.54. The largest absolute Gasteiger partial charge is 0.0546 e. The fourth-order valence-corrected chi connectivity index (χ4v) is 6.52. The van der Waals surface area contributed by atoms with Crippen LogP contribution in [0.5, 0.6) is 0 Å². The number of hydrogen-bond acceptors (Lipinski definition) is 0. The van der Waals surface area contributed by atoms with Crippen LogP contribution in [0.2, 0.25) is 0 Å². The Kier molecular flexibility index (Phi) is 2.79. The van der Waals surface area contributed by atoms with E-state index in [9.17, 15) is 0 Å². The van der Waals surface area contributed by atoms with E-state index in [2.05, 4.69) is 52.0 Å². The average molecular weight is 316 g/mol. The molecule has 0 heteroatoms. The van der Waals surface area contributed by atoms with Gasteiger partial charge in [0.2, 0.25) is 0 Å². The highest BCUT2D eigenvalue weighted by Crippen LogP contribution is 2.69. The fourth-order valence-electron chi connectivity index (χ4n) is 6.52. The van der Waals surface area contributed by atoms with Gasteiger partial charge in [0.1, 0.15) is 0 Å². The second-order valence-electron chi connectivity index (χ2n) is 8.84. The molecule has 2 aromatic carbocycles. The number of aryl methyl sites for hydroxylation is 4. The van der Waals surface area contributed by atoms with E-state index in [0.717, 1.165) is 0 Å². The van der Waals surface area contributed by atoms with Crippen LogP contribution in [0.4, 0.5) is 0 Å². The first-order chi connectivity index (χ1) is 11.5. The van der Waals surface area contributed by atoms with Crippen molar-refractivity contribution in [2.75, 3.05) is 0 Å². The minimum atomic E-state index is 0.426. The molecule has 24 heavy (non-hydrogen) atoms. The summed E-state index contributed by atoms with van der Waals surface area (Å²) in [5, 5.41) is 0. The van der Waals surface area contributed by atoms with Gasteiger partial charge in [-0.25, -0.2) is 0 Å². The Bertz CT molecular complexity index is 787. The van der Waals surface area contributed by atoms with Crippen molar-refractivity contribution >= 4 is 0 Å². The van der Waals surface area contributed by atoms with Gasteiger partial charge >= 0.3 is 0 Å². The zero-order valence-electron chi connectivity index (χ0n) is 15.6. The third-order valence-electron chi connectivity index (χ3n) is 7.92. The summed E-state index contributed by atoms with van der Waals surface area (Å²) in [6.07, 6.45) is 8.39. The quantitative estimate of drug-likeness (QED) is 0.524.